The van der Waals surface area contributed by atoms with Crippen molar-refractivity contribution >= 4 is 5.91 Å². The van der Waals surface area contributed by atoms with Crippen molar-refractivity contribution in [3.63, 3.8) is 0 Å². The number of carbonyl (C=O) groups is 1. The molecule has 1 aromatic carbocycles. The monoisotopic (exact) mass is 292 g/mol. The average molecular weight is 292 g/mol. The van der Waals surface area contributed by atoms with Gasteiger partial charge in [0.1, 0.15) is 0 Å². The Balaban J connectivity index is 1.75. The number of nitrogens with one attached hydrogen (secondary N) is 1. The van der Waals surface area contributed by atoms with Gasteiger partial charge < -0.3 is 5.32 Å². The number of para-hydroxylation sites is 1. The fraction of sp³-hybridized carbons (Fsp3) is 0.118. The number of pyridine rings is 1. The number of carbonyl (C=O) groups excluding carboxylic acids is 1. The normalized spacial score (nSPS) is 10.4. The van der Waals surface area contributed by atoms with Crippen LogP contribution in [0, 0.1) is 6.92 Å². The molecule has 0 radical (unpaired) electrons. The lowest BCUT2D eigenvalue weighted by Crippen LogP contribution is -2.23. The molecule has 0 aliphatic heterocycles. The molecule has 2 heterocycles. The van der Waals surface area contributed by atoms with Crippen molar-refractivity contribution in [1.82, 2.24) is 20.1 Å². The van der Waals surface area contributed by atoms with E-state index in [1.807, 2.05) is 49.4 Å². The number of nitrogens with zero attached hydrogens (tertiary/aromatic N) is 3. The molecule has 3 rings (SSSR count). The summed E-state index contributed by atoms with van der Waals surface area (Å²) in [7, 11) is 0. The number of amides is 1. The highest BCUT2D eigenvalue weighted by Gasteiger charge is 2.14. The molecule has 2 aromatic heterocycles. The Morgan fingerprint density at radius 3 is 2.68 bits per heavy atom. The summed E-state index contributed by atoms with van der Waals surface area (Å²) in [6.07, 6.45) is 5.04. The molecule has 1 N–H and O–H groups in total. The smallest absolute Gasteiger partial charge is 0.255 e. The highest BCUT2D eigenvalue weighted by atomic mass is 16.1. The third-order valence-corrected chi connectivity index (χ3v) is 3.43. The van der Waals surface area contributed by atoms with Crippen LogP contribution in [0.5, 0.6) is 0 Å². The largest absolute Gasteiger partial charge is 0.348 e. The van der Waals surface area contributed by atoms with E-state index in [0.717, 1.165) is 16.9 Å². The predicted octanol–water partition coefficient (Wildman–Crippen LogP) is 2.51. The minimum atomic E-state index is -0.136. The summed E-state index contributed by atoms with van der Waals surface area (Å²) in [5.74, 6) is -0.136. The first-order chi connectivity index (χ1) is 10.8. The minimum absolute atomic E-state index is 0.136. The van der Waals surface area contributed by atoms with Gasteiger partial charge in [0.2, 0.25) is 0 Å². The molecule has 0 saturated carbocycles. The van der Waals surface area contributed by atoms with Crippen LogP contribution in [0.2, 0.25) is 0 Å². The molecule has 0 fully saturated rings. The van der Waals surface area contributed by atoms with Crippen LogP contribution < -0.4 is 5.32 Å². The molecule has 22 heavy (non-hydrogen) atoms. The standard InChI is InChI=1S/C17H16N4O/c1-13-16(12-20-21(13)15-7-3-2-4-8-15)17(22)19-11-14-6-5-9-18-10-14/h2-10,12H,11H2,1H3,(H,19,22). The van der Waals surface area contributed by atoms with Crippen molar-refractivity contribution in [3.05, 3.63) is 77.9 Å². The van der Waals surface area contributed by atoms with Crippen LogP contribution in [-0.4, -0.2) is 20.7 Å². The second-order valence-electron chi connectivity index (χ2n) is 4.93. The highest BCUT2D eigenvalue weighted by Crippen LogP contribution is 2.13. The summed E-state index contributed by atoms with van der Waals surface area (Å²) in [4.78, 5) is 16.3. The third kappa shape index (κ3) is 2.88. The van der Waals surface area contributed by atoms with Crippen molar-refractivity contribution in [2.24, 2.45) is 0 Å². The van der Waals surface area contributed by atoms with Crippen molar-refractivity contribution in [2.45, 2.75) is 13.5 Å². The third-order valence-electron chi connectivity index (χ3n) is 3.43. The molecule has 0 atom stereocenters. The second kappa shape index (κ2) is 6.22. The molecule has 0 spiro atoms. The van der Waals surface area contributed by atoms with Crippen LogP contribution in [0.4, 0.5) is 0 Å². The quantitative estimate of drug-likeness (QED) is 0.803. The molecule has 110 valence electrons. The van der Waals surface area contributed by atoms with Gasteiger partial charge in [0, 0.05) is 18.9 Å². The zero-order valence-electron chi connectivity index (χ0n) is 12.2. The molecule has 0 bridgehead atoms. The lowest BCUT2D eigenvalue weighted by molar-refractivity contribution is 0.0950. The first-order valence-electron chi connectivity index (χ1n) is 7.03. The minimum Gasteiger partial charge on any atom is -0.348 e. The number of benzene rings is 1. The van der Waals surface area contributed by atoms with Gasteiger partial charge in [-0.15, -0.1) is 0 Å². The first kappa shape index (κ1) is 14.0. The maximum Gasteiger partial charge on any atom is 0.255 e. The Labute approximate surface area is 128 Å². The van der Waals surface area contributed by atoms with Gasteiger partial charge in [-0.25, -0.2) is 4.68 Å². The van der Waals surface area contributed by atoms with E-state index < -0.39 is 0 Å². The van der Waals surface area contributed by atoms with E-state index in [-0.39, 0.29) is 5.91 Å². The number of hydrogen-bond donors (Lipinski definition) is 1. The Morgan fingerprint density at radius 1 is 1.14 bits per heavy atom. The number of rotatable bonds is 4. The van der Waals surface area contributed by atoms with E-state index in [9.17, 15) is 4.79 Å². The molecule has 0 aliphatic carbocycles. The molecule has 0 saturated heterocycles. The second-order valence-corrected chi connectivity index (χ2v) is 4.93. The van der Waals surface area contributed by atoms with Gasteiger partial charge in [0.25, 0.3) is 5.91 Å². The summed E-state index contributed by atoms with van der Waals surface area (Å²) >= 11 is 0. The van der Waals surface area contributed by atoms with Gasteiger partial charge in [0.05, 0.1) is 23.1 Å². The topological polar surface area (TPSA) is 59.8 Å². The summed E-state index contributed by atoms with van der Waals surface area (Å²) in [5.41, 5.74) is 3.29. The maximum atomic E-state index is 12.3. The molecule has 1 amide bonds. The van der Waals surface area contributed by atoms with Gasteiger partial charge in [-0.1, -0.05) is 24.3 Å². The van der Waals surface area contributed by atoms with Crippen LogP contribution in [0.25, 0.3) is 5.69 Å². The van der Waals surface area contributed by atoms with E-state index in [1.54, 1.807) is 23.3 Å². The Bertz CT molecular complexity index is 766. The summed E-state index contributed by atoms with van der Waals surface area (Å²) in [5, 5.41) is 7.19. The summed E-state index contributed by atoms with van der Waals surface area (Å²) in [6.45, 7) is 2.33. The highest BCUT2D eigenvalue weighted by molar-refractivity contribution is 5.95. The Kier molecular flexibility index (Phi) is 3.96. The molecule has 5 heteroatoms. The van der Waals surface area contributed by atoms with Gasteiger partial charge >= 0.3 is 0 Å². The van der Waals surface area contributed by atoms with Crippen molar-refractivity contribution in [2.75, 3.05) is 0 Å². The van der Waals surface area contributed by atoms with Gasteiger partial charge in [-0.2, -0.15) is 5.10 Å². The van der Waals surface area contributed by atoms with E-state index in [2.05, 4.69) is 15.4 Å². The van der Waals surface area contributed by atoms with E-state index in [4.69, 9.17) is 0 Å². The van der Waals surface area contributed by atoms with E-state index in [1.165, 1.54) is 0 Å². The average Bonchev–Trinajstić information content (AvgIpc) is 2.96. The van der Waals surface area contributed by atoms with Gasteiger partial charge in [-0.05, 0) is 30.7 Å². The van der Waals surface area contributed by atoms with E-state index >= 15 is 0 Å². The van der Waals surface area contributed by atoms with Crippen LogP contribution in [0.1, 0.15) is 21.6 Å². The van der Waals surface area contributed by atoms with Gasteiger partial charge in [-0.3, -0.25) is 9.78 Å². The fourth-order valence-electron chi connectivity index (χ4n) is 2.24. The number of aromatic nitrogens is 3. The predicted molar refractivity (Wildman–Crippen MR) is 83.7 cm³/mol. The molecular formula is C17H16N4O. The Morgan fingerprint density at radius 2 is 1.95 bits per heavy atom. The van der Waals surface area contributed by atoms with Crippen LogP contribution in [0.3, 0.4) is 0 Å². The summed E-state index contributed by atoms with van der Waals surface area (Å²) < 4.78 is 1.76. The molecular weight excluding hydrogens is 276 g/mol. The van der Waals surface area contributed by atoms with Crippen molar-refractivity contribution < 1.29 is 4.79 Å². The zero-order valence-corrected chi connectivity index (χ0v) is 12.2. The molecule has 0 aliphatic rings. The zero-order chi connectivity index (χ0) is 15.4. The fourth-order valence-corrected chi connectivity index (χ4v) is 2.24. The SMILES string of the molecule is Cc1c(C(=O)NCc2cccnc2)cnn1-c1ccccc1. The van der Waals surface area contributed by atoms with Crippen molar-refractivity contribution in [1.29, 1.82) is 0 Å². The van der Waals surface area contributed by atoms with E-state index in [0.29, 0.717) is 12.1 Å². The molecule has 5 nitrogen and oxygen atoms in total. The number of hydrogen-bond acceptors (Lipinski definition) is 3. The Hall–Kier alpha value is -2.95. The summed E-state index contributed by atoms with van der Waals surface area (Å²) in [6, 6.07) is 13.5. The maximum absolute atomic E-state index is 12.3. The van der Waals surface area contributed by atoms with Crippen LogP contribution in [0.15, 0.2) is 61.1 Å². The van der Waals surface area contributed by atoms with Crippen molar-refractivity contribution in [3.8, 4) is 5.69 Å². The first-order valence-corrected chi connectivity index (χ1v) is 7.03. The van der Waals surface area contributed by atoms with Crippen LogP contribution in [-0.2, 0) is 6.54 Å². The lowest BCUT2D eigenvalue weighted by Gasteiger charge is -2.06. The van der Waals surface area contributed by atoms with Gasteiger partial charge in [0.15, 0.2) is 0 Å². The molecule has 3 aromatic rings. The lowest BCUT2D eigenvalue weighted by atomic mass is 10.2. The van der Waals surface area contributed by atoms with Crippen LogP contribution >= 0.6 is 0 Å². The molecule has 0 unspecified atom stereocenters.